The molecule has 5 aliphatic carbocycles. The number of hydrogen-bond donors (Lipinski definition) is 2. The standard InChI is InChI=1S/C19H30N2O/c22-19(20-7-6-13-4-2-1-3-5-13)21-18-16-9-14-8-15(11-16)12-17(18)10-14/h4,14-18H,1-3,5-12H2,(H2,20,21,22). The molecular formula is C19H30N2O. The van der Waals surface area contributed by atoms with Crippen molar-refractivity contribution in [1.29, 1.82) is 0 Å². The van der Waals surface area contributed by atoms with Gasteiger partial charge >= 0.3 is 6.03 Å². The van der Waals surface area contributed by atoms with E-state index in [0.29, 0.717) is 6.04 Å². The summed E-state index contributed by atoms with van der Waals surface area (Å²) in [5.41, 5.74) is 1.54. The van der Waals surface area contributed by atoms with Gasteiger partial charge in [0.05, 0.1) is 0 Å². The lowest BCUT2D eigenvalue weighted by molar-refractivity contribution is -0.00940. The van der Waals surface area contributed by atoms with Crippen LogP contribution in [0.2, 0.25) is 0 Å². The second-order valence-electron chi connectivity index (χ2n) is 8.21. The van der Waals surface area contributed by atoms with Crippen LogP contribution in [0.15, 0.2) is 11.6 Å². The van der Waals surface area contributed by atoms with Gasteiger partial charge in [0.1, 0.15) is 0 Å². The van der Waals surface area contributed by atoms with Crippen molar-refractivity contribution in [1.82, 2.24) is 10.6 Å². The van der Waals surface area contributed by atoms with Crippen molar-refractivity contribution in [2.45, 2.75) is 70.3 Å². The maximum Gasteiger partial charge on any atom is 0.315 e. The Balaban J connectivity index is 1.23. The minimum atomic E-state index is 0.0777. The largest absolute Gasteiger partial charge is 0.338 e. The molecule has 4 fully saturated rings. The number of carbonyl (C=O) groups excluding carboxylic acids is 1. The summed E-state index contributed by atoms with van der Waals surface area (Å²) in [6.07, 6.45) is 15.5. The monoisotopic (exact) mass is 302 g/mol. The van der Waals surface area contributed by atoms with E-state index in [0.717, 1.165) is 36.6 Å². The van der Waals surface area contributed by atoms with Gasteiger partial charge < -0.3 is 10.6 Å². The van der Waals surface area contributed by atoms with Crippen molar-refractivity contribution < 1.29 is 4.79 Å². The highest BCUT2D eigenvalue weighted by Gasteiger charge is 2.48. The van der Waals surface area contributed by atoms with Gasteiger partial charge in [0.25, 0.3) is 0 Å². The fourth-order valence-corrected chi connectivity index (χ4v) is 5.83. The average molecular weight is 302 g/mol. The molecule has 2 N–H and O–H groups in total. The molecule has 0 atom stereocenters. The molecule has 0 spiro atoms. The normalized spacial score (nSPS) is 39.5. The fourth-order valence-electron chi connectivity index (χ4n) is 5.83. The van der Waals surface area contributed by atoms with Crippen LogP contribution in [0, 0.1) is 23.7 Å². The van der Waals surface area contributed by atoms with Crippen LogP contribution in [0.5, 0.6) is 0 Å². The first-order valence-electron chi connectivity index (χ1n) is 9.50. The predicted octanol–water partition coefficient (Wildman–Crippen LogP) is 4.00. The molecule has 4 bridgehead atoms. The van der Waals surface area contributed by atoms with Crippen LogP contribution in [-0.4, -0.2) is 18.6 Å². The Bertz CT molecular complexity index is 428. The molecule has 3 nitrogen and oxygen atoms in total. The molecule has 5 rings (SSSR count). The summed E-state index contributed by atoms with van der Waals surface area (Å²) in [5, 5.41) is 6.43. The highest BCUT2D eigenvalue weighted by Crippen LogP contribution is 2.53. The Morgan fingerprint density at radius 3 is 2.41 bits per heavy atom. The number of rotatable bonds is 4. The van der Waals surface area contributed by atoms with Gasteiger partial charge in [0, 0.05) is 12.6 Å². The third-order valence-electron chi connectivity index (χ3n) is 6.64. The van der Waals surface area contributed by atoms with Gasteiger partial charge in [-0.1, -0.05) is 11.6 Å². The number of urea groups is 1. The minimum Gasteiger partial charge on any atom is -0.338 e. The Labute approximate surface area is 134 Å². The number of allylic oxidation sites excluding steroid dienone is 1. The zero-order valence-corrected chi connectivity index (χ0v) is 13.7. The van der Waals surface area contributed by atoms with Gasteiger partial charge in [0.2, 0.25) is 0 Å². The lowest BCUT2D eigenvalue weighted by Gasteiger charge is -2.54. The Kier molecular flexibility index (Phi) is 4.15. The zero-order valence-electron chi connectivity index (χ0n) is 13.7. The summed E-state index contributed by atoms with van der Waals surface area (Å²) in [6.45, 7) is 0.797. The SMILES string of the molecule is O=C(NCCC1=CCCCC1)NC1C2CC3CC(C2)CC1C3. The van der Waals surface area contributed by atoms with E-state index in [2.05, 4.69) is 16.7 Å². The highest BCUT2D eigenvalue weighted by atomic mass is 16.2. The van der Waals surface area contributed by atoms with Gasteiger partial charge in [-0.05, 0) is 87.9 Å². The lowest BCUT2D eigenvalue weighted by atomic mass is 9.54. The first-order chi connectivity index (χ1) is 10.8. The van der Waals surface area contributed by atoms with Crippen molar-refractivity contribution in [2.75, 3.05) is 6.54 Å². The second kappa shape index (κ2) is 6.25. The number of carbonyl (C=O) groups is 1. The smallest absolute Gasteiger partial charge is 0.315 e. The number of nitrogens with one attached hydrogen (secondary N) is 2. The first kappa shape index (κ1) is 14.6. The van der Waals surface area contributed by atoms with E-state index in [4.69, 9.17) is 0 Å². The van der Waals surface area contributed by atoms with Crippen LogP contribution in [0.25, 0.3) is 0 Å². The van der Waals surface area contributed by atoms with Crippen molar-refractivity contribution in [3.05, 3.63) is 11.6 Å². The van der Waals surface area contributed by atoms with Crippen LogP contribution in [0.4, 0.5) is 4.79 Å². The van der Waals surface area contributed by atoms with E-state index in [-0.39, 0.29) is 6.03 Å². The van der Waals surface area contributed by atoms with Gasteiger partial charge in [-0.15, -0.1) is 0 Å². The summed E-state index contributed by atoms with van der Waals surface area (Å²) >= 11 is 0. The van der Waals surface area contributed by atoms with E-state index >= 15 is 0 Å². The summed E-state index contributed by atoms with van der Waals surface area (Å²) in [4.78, 5) is 12.2. The van der Waals surface area contributed by atoms with Crippen LogP contribution in [-0.2, 0) is 0 Å². The summed E-state index contributed by atoms with van der Waals surface area (Å²) in [5.74, 6) is 3.48. The topological polar surface area (TPSA) is 41.1 Å². The molecule has 0 unspecified atom stereocenters. The fraction of sp³-hybridized carbons (Fsp3) is 0.842. The molecule has 3 heteroatoms. The van der Waals surface area contributed by atoms with Crippen molar-refractivity contribution in [3.63, 3.8) is 0 Å². The maximum absolute atomic E-state index is 12.2. The lowest BCUT2D eigenvalue weighted by Crippen LogP contribution is -2.57. The van der Waals surface area contributed by atoms with E-state index < -0.39 is 0 Å². The van der Waals surface area contributed by atoms with Gasteiger partial charge in [0.15, 0.2) is 0 Å². The van der Waals surface area contributed by atoms with Crippen LogP contribution >= 0.6 is 0 Å². The zero-order chi connectivity index (χ0) is 14.9. The van der Waals surface area contributed by atoms with E-state index in [1.165, 1.54) is 57.8 Å². The summed E-state index contributed by atoms with van der Waals surface area (Å²) in [6, 6.07) is 0.538. The molecule has 4 saturated carbocycles. The number of hydrogen-bond acceptors (Lipinski definition) is 1. The number of amides is 2. The van der Waals surface area contributed by atoms with Crippen LogP contribution < -0.4 is 10.6 Å². The molecule has 5 aliphatic rings. The van der Waals surface area contributed by atoms with Crippen LogP contribution in [0.3, 0.4) is 0 Å². The average Bonchev–Trinajstić information content (AvgIpc) is 2.51. The molecule has 0 aromatic rings. The van der Waals surface area contributed by atoms with Crippen molar-refractivity contribution >= 4 is 6.03 Å². The minimum absolute atomic E-state index is 0.0777. The highest BCUT2D eigenvalue weighted by molar-refractivity contribution is 5.74. The van der Waals surface area contributed by atoms with Gasteiger partial charge in [-0.2, -0.15) is 0 Å². The van der Waals surface area contributed by atoms with Crippen molar-refractivity contribution in [3.8, 4) is 0 Å². The third kappa shape index (κ3) is 3.04. The quantitative estimate of drug-likeness (QED) is 0.757. The van der Waals surface area contributed by atoms with Gasteiger partial charge in [-0.3, -0.25) is 0 Å². The molecule has 0 heterocycles. The van der Waals surface area contributed by atoms with E-state index in [1.807, 2.05) is 0 Å². The summed E-state index contributed by atoms with van der Waals surface area (Å²) < 4.78 is 0. The molecule has 0 aliphatic heterocycles. The van der Waals surface area contributed by atoms with Gasteiger partial charge in [-0.25, -0.2) is 4.79 Å². The molecule has 2 amide bonds. The van der Waals surface area contributed by atoms with E-state index in [9.17, 15) is 4.79 Å². The third-order valence-corrected chi connectivity index (χ3v) is 6.64. The van der Waals surface area contributed by atoms with Crippen LogP contribution in [0.1, 0.15) is 64.2 Å². The Hall–Kier alpha value is -0.990. The summed E-state index contributed by atoms with van der Waals surface area (Å²) in [7, 11) is 0. The first-order valence-corrected chi connectivity index (χ1v) is 9.50. The predicted molar refractivity (Wildman–Crippen MR) is 88.5 cm³/mol. The van der Waals surface area contributed by atoms with E-state index in [1.54, 1.807) is 5.57 Å². The second-order valence-corrected chi connectivity index (χ2v) is 8.21. The molecule has 0 radical (unpaired) electrons. The Morgan fingerprint density at radius 1 is 1.05 bits per heavy atom. The molecule has 22 heavy (non-hydrogen) atoms. The Morgan fingerprint density at radius 2 is 1.77 bits per heavy atom. The molecule has 0 saturated heterocycles. The molecule has 122 valence electrons. The molecule has 0 aromatic carbocycles. The van der Waals surface area contributed by atoms with Crippen molar-refractivity contribution in [2.24, 2.45) is 23.7 Å². The maximum atomic E-state index is 12.2. The molecular weight excluding hydrogens is 272 g/mol. The molecule has 0 aromatic heterocycles.